The molecule has 0 fully saturated rings. The van der Waals surface area contributed by atoms with Gasteiger partial charge in [-0.3, -0.25) is 5.32 Å². The van der Waals surface area contributed by atoms with Crippen LogP contribution in [0.5, 0.6) is 0 Å². The predicted octanol–water partition coefficient (Wildman–Crippen LogP) is 3.03. The molecule has 18 heavy (non-hydrogen) atoms. The molecule has 0 spiro atoms. The fraction of sp³-hybridized carbons (Fsp3) is 0.933. The van der Waals surface area contributed by atoms with Gasteiger partial charge in [-0.2, -0.15) is 5.26 Å². The lowest BCUT2D eigenvalue weighted by Gasteiger charge is -2.32. The number of nitrogens with one attached hydrogen (secondary N) is 1. The molecule has 3 nitrogen and oxygen atoms in total. The first-order chi connectivity index (χ1) is 8.55. The summed E-state index contributed by atoms with van der Waals surface area (Å²) in [7, 11) is 0. The third-order valence-corrected chi connectivity index (χ3v) is 3.67. The van der Waals surface area contributed by atoms with E-state index in [1.54, 1.807) is 0 Å². The van der Waals surface area contributed by atoms with Crippen LogP contribution >= 0.6 is 0 Å². The van der Waals surface area contributed by atoms with Crippen LogP contribution in [0.25, 0.3) is 0 Å². The largest absolute Gasteiger partial charge is 0.300 e. The second-order valence-corrected chi connectivity index (χ2v) is 5.38. The number of likely N-dealkylation sites (N-methyl/N-ethyl adjacent to an activating group) is 1. The predicted molar refractivity (Wildman–Crippen MR) is 78.5 cm³/mol. The van der Waals surface area contributed by atoms with Gasteiger partial charge in [0.05, 0.1) is 6.07 Å². The fourth-order valence-electron chi connectivity index (χ4n) is 2.20. The summed E-state index contributed by atoms with van der Waals surface area (Å²) < 4.78 is 0. The van der Waals surface area contributed by atoms with Gasteiger partial charge in [-0.1, -0.05) is 40.5 Å². The van der Waals surface area contributed by atoms with Crippen LogP contribution < -0.4 is 5.32 Å². The Bertz CT molecular complexity index is 243. The molecule has 1 atom stereocenters. The van der Waals surface area contributed by atoms with Crippen molar-refractivity contribution >= 4 is 0 Å². The van der Waals surface area contributed by atoms with Crippen LogP contribution in [-0.2, 0) is 0 Å². The van der Waals surface area contributed by atoms with E-state index in [0.29, 0.717) is 0 Å². The van der Waals surface area contributed by atoms with E-state index in [4.69, 9.17) is 0 Å². The van der Waals surface area contributed by atoms with Gasteiger partial charge in [-0.15, -0.1) is 0 Å². The number of hydrogen-bond acceptors (Lipinski definition) is 3. The molecule has 1 N–H and O–H groups in total. The molecule has 0 aromatic rings. The van der Waals surface area contributed by atoms with E-state index in [-0.39, 0.29) is 0 Å². The van der Waals surface area contributed by atoms with Crippen molar-refractivity contribution in [3.05, 3.63) is 0 Å². The maximum Gasteiger partial charge on any atom is 0.116 e. The first-order valence-corrected chi connectivity index (χ1v) is 7.43. The fourth-order valence-corrected chi connectivity index (χ4v) is 2.20. The molecule has 0 aromatic heterocycles. The van der Waals surface area contributed by atoms with Crippen LogP contribution in [0.4, 0.5) is 0 Å². The monoisotopic (exact) mass is 253 g/mol. The molecule has 0 amide bonds. The van der Waals surface area contributed by atoms with Gasteiger partial charge >= 0.3 is 0 Å². The molecule has 3 heteroatoms. The molecule has 0 bridgehead atoms. The van der Waals surface area contributed by atoms with Crippen molar-refractivity contribution < 1.29 is 0 Å². The average Bonchev–Trinajstić information content (AvgIpc) is 2.41. The summed E-state index contributed by atoms with van der Waals surface area (Å²) in [5, 5.41) is 12.7. The average molecular weight is 253 g/mol. The summed E-state index contributed by atoms with van der Waals surface area (Å²) in [6.45, 7) is 14.7. The molecule has 0 saturated carbocycles. The lowest BCUT2D eigenvalue weighted by Crippen LogP contribution is -2.51. The summed E-state index contributed by atoms with van der Waals surface area (Å²) >= 11 is 0. The SMILES string of the molecule is CCCNC(C)(C#N)CN(CC)CC(CC)CC. The quantitative estimate of drug-likeness (QED) is 0.650. The van der Waals surface area contributed by atoms with Crippen molar-refractivity contribution in [3.8, 4) is 6.07 Å². The Kier molecular flexibility index (Phi) is 9.05. The molecule has 0 radical (unpaired) electrons. The van der Waals surface area contributed by atoms with Gasteiger partial charge in [0.25, 0.3) is 0 Å². The van der Waals surface area contributed by atoms with E-state index in [9.17, 15) is 5.26 Å². The Hall–Kier alpha value is -0.590. The number of rotatable bonds is 10. The summed E-state index contributed by atoms with van der Waals surface area (Å²) in [6, 6.07) is 2.43. The summed E-state index contributed by atoms with van der Waals surface area (Å²) in [5.74, 6) is 0.749. The van der Waals surface area contributed by atoms with Crippen molar-refractivity contribution in [1.29, 1.82) is 5.26 Å². The van der Waals surface area contributed by atoms with Gasteiger partial charge in [-0.25, -0.2) is 0 Å². The van der Waals surface area contributed by atoms with Crippen LogP contribution in [0.3, 0.4) is 0 Å². The Morgan fingerprint density at radius 2 is 1.83 bits per heavy atom. The smallest absolute Gasteiger partial charge is 0.116 e. The van der Waals surface area contributed by atoms with Crippen molar-refractivity contribution in [1.82, 2.24) is 10.2 Å². The first kappa shape index (κ1) is 17.4. The third-order valence-electron chi connectivity index (χ3n) is 3.67. The lowest BCUT2D eigenvalue weighted by molar-refractivity contribution is 0.193. The van der Waals surface area contributed by atoms with E-state index >= 15 is 0 Å². The van der Waals surface area contributed by atoms with Crippen molar-refractivity contribution in [2.45, 2.75) is 59.4 Å². The second-order valence-electron chi connectivity index (χ2n) is 5.38. The highest BCUT2D eigenvalue weighted by molar-refractivity contribution is 5.05. The van der Waals surface area contributed by atoms with Crippen LogP contribution in [0.2, 0.25) is 0 Å². The number of nitriles is 1. The highest BCUT2D eigenvalue weighted by Gasteiger charge is 2.26. The van der Waals surface area contributed by atoms with E-state index in [1.807, 2.05) is 6.92 Å². The molecule has 0 rings (SSSR count). The van der Waals surface area contributed by atoms with Crippen molar-refractivity contribution in [2.24, 2.45) is 5.92 Å². The van der Waals surface area contributed by atoms with E-state index in [0.717, 1.165) is 38.5 Å². The molecule has 106 valence electrons. The van der Waals surface area contributed by atoms with E-state index < -0.39 is 5.54 Å². The summed E-state index contributed by atoms with van der Waals surface area (Å²) in [6.07, 6.45) is 3.51. The summed E-state index contributed by atoms with van der Waals surface area (Å²) in [4.78, 5) is 2.41. The zero-order chi connectivity index (χ0) is 14.0. The molecule has 0 aromatic carbocycles. The third kappa shape index (κ3) is 6.37. The minimum atomic E-state index is -0.419. The minimum absolute atomic E-state index is 0.419. The Balaban J connectivity index is 4.43. The maximum absolute atomic E-state index is 9.37. The lowest BCUT2D eigenvalue weighted by atomic mass is 9.99. The van der Waals surface area contributed by atoms with Gasteiger partial charge < -0.3 is 4.90 Å². The standard InChI is InChI=1S/C15H31N3/c1-6-10-17-15(5,12-16)13-18(9-4)11-14(7-2)8-3/h14,17H,6-11,13H2,1-5H3. The van der Waals surface area contributed by atoms with Gasteiger partial charge in [0, 0.05) is 13.1 Å². The Labute approximate surface area is 114 Å². The van der Waals surface area contributed by atoms with E-state index in [2.05, 4.69) is 44.0 Å². The zero-order valence-corrected chi connectivity index (χ0v) is 12.9. The van der Waals surface area contributed by atoms with Crippen molar-refractivity contribution in [3.63, 3.8) is 0 Å². The number of nitrogens with zero attached hydrogens (tertiary/aromatic N) is 2. The van der Waals surface area contributed by atoms with Crippen LogP contribution in [0.1, 0.15) is 53.9 Å². The number of hydrogen-bond donors (Lipinski definition) is 1. The van der Waals surface area contributed by atoms with Gasteiger partial charge in [0.2, 0.25) is 0 Å². The van der Waals surface area contributed by atoms with Crippen LogP contribution in [0.15, 0.2) is 0 Å². The molecule has 1 unspecified atom stereocenters. The van der Waals surface area contributed by atoms with Gasteiger partial charge in [-0.05, 0) is 32.4 Å². The minimum Gasteiger partial charge on any atom is -0.300 e. The van der Waals surface area contributed by atoms with E-state index in [1.165, 1.54) is 12.8 Å². The van der Waals surface area contributed by atoms with Crippen molar-refractivity contribution in [2.75, 3.05) is 26.2 Å². The molecule has 0 aliphatic heterocycles. The molecule has 0 saturated heterocycles. The molecule has 0 aliphatic rings. The molecular formula is C15H31N3. The van der Waals surface area contributed by atoms with Gasteiger partial charge in [0.1, 0.15) is 5.54 Å². The maximum atomic E-state index is 9.37. The highest BCUT2D eigenvalue weighted by Crippen LogP contribution is 2.13. The van der Waals surface area contributed by atoms with Crippen LogP contribution in [-0.4, -0.2) is 36.6 Å². The molecular weight excluding hydrogens is 222 g/mol. The molecule has 0 heterocycles. The van der Waals surface area contributed by atoms with Crippen LogP contribution in [0, 0.1) is 17.2 Å². The summed E-state index contributed by atoms with van der Waals surface area (Å²) in [5.41, 5.74) is -0.419. The second kappa shape index (κ2) is 9.35. The van der Waals surface area contributed by atoms with Gasteiger partial charge in [0.15, 0.2) is 0 Å². The highest BCUT2D eigenvalue weighted by atomic mass is 15.2. The molecule has 0 aliphatic carbocycles. The zero-order valence-electron chi connectivity index (χ0n) is 12.9. The Morgan fingerprint density at radius 3 is 2.22 bits per heavy atom. The Morgan fingerprint density at radius 1 is 1.22 bits per heavy atom. The normalized spacial score (nSPS) is 14.8. The first-order valence-electron chi connectivity index (χ1n) is 7.43. The topological polar surface area (TPSA) is 39.1 Å².